The first-order valence-electron chi connectivity index (χ1n) is 11.8. The summed E-state index contributed by atoms with van der Waals surface area (Å²) in [6.07, 6.45) is -9.70. The molecule has 0 radical (unpaired) electrons. The van der Waals surface area contributed by atoms with Crippen molar-refractivity contribution < 1.29 is 40.6 Å². The van der Waals surface area contributed by atoms with Crippen molar-refractivity contribution in [2.24, 2.45) is 11.7 Å². The number of para-hydroxylation sites is 1. The van der Waals surface area contributed by atoms with E-state index in [0.29, 0.717) is 31.5 Å². The van der Waals surface area contributed by atoms with Gasteiger partial charge in [0, 0.05) is 12.2 Å². The summed E-state index contributed by atoms with van der Waals surface area (Å²) in [6, 6.07) is 11.0. The zero-order valence-corrected chi connectivity index (χ0v) is 20.5. The molecule has 1 unspecified atom stereocenters. The van der Waals surface area contributed by atoms with E-state index in [0.717, 1.165) is 12.1 Å². The monoisotopic (exact) mass is 532 g/mol. The number of anilines is 1. The van der Waals surface area contributed by atoms with Crippen LogP contribution < -0.4 is 10.6 Å². The topological polar surface area (TPSA) is 64.8 Å². The fraction of sp³-hybridized carbons (Fsp3) is 0.500. The molecule has 204 valence electrons. The van der Waals surface area contributed by atoms with Gasteiger partial charge in [-0.05, 0) is 74.9 Å². The quantitative estimate of drug-likeness (QED) is 0.373. The van der Waals surface area contributed by atoms with Crippen molar-refractivity contribution in [2.75, 3.05) is 24.7 Å². The van der Waals surface area contributed by atoms with Gasteiger partial charge in [0.15, 0.2) is 0 Å². The average Bonchev–Trinajstić information content (AvgIpc) is 2.82. The van der Waals surface area contributed by atoms with Crippen LogP contribution in [0.1, 0.15) is 55.9 Å². The number of piperidine rings is 1. The Bertz CT molecular complexity index is 1030. The second-order valence-corrected chi connectivity index (χ2v) is 9.60. The molecule has 5 nitrogen and oxygen atoms in total. The van der Waals surface area contributed by atoms with Crippen molar-refractivity contribution in [3.05, 3.63) is 65.2 Å². The van der Waals surface area contributed by atoms with Crippen LogP contribution in [0.25, 0.3) is 0 Å². The van der Waals surface area contributed by atoms with Gasteiger partial charge in [-0.2, -0.15) is 26.3 Å². The summed E-state index contributed by atoms with van der Waals surface area (Å²) < 4.78 is 90.6. The lowest BCUT2D eigenvalue weighted by Gasteiger charge is -2.49. The van der Waals surface area contributed by atoms with Gasteiger partial charge >= 0.3 is 18.4 Å². The first-order chi connectivity index (χ1) is 17.2. The molecule has 1 fully saturated rings. The fourth-order valence-corrected chi connectivity index (χ4v) is 4.57. The fourth-order valence-electron chi connectivity index (χ4n) is 4.57. The van der Waals surface area contributed by atoms with Crippen molar-refractivity contribution in [3.8, 4) is 0 Å². The number of benzene rings is 2. The van der Waals surface area contributed by atoms with Crippen LogP contribution in [0.4, 0.5) is 36.8 Å². The van der Waals surface area contributed by atoms with Gasteiger partial charge in [0.25, 0.3) is 0 Å². The molecule has 0 aromatic heterocycles. The molecular weight excluding hydrogens is 502 g/mol. The zero-order chi connectivity index (χ0) is 27.4. The number of hydrogen-bond acceptors (Lipinski definition) is 4. The second kappa shape index (κ2) is 11.2. The van der Waals surface area contributed by atoms with Crippen molar-refractivity contribution in [1.29, 1.82) is 0 Å². The Hall–Kier alpha value is -2.95. The Morgan fingerprint density at radius 1 is 1.08 bits per heavy atom. The van der Waals surface area contributed by atoms with Crippen molar-refractivity contribution >= 4 is 11.8 Å². The molecule has 3 rings (SSSR count). The van der Waals surface area contributed by atoms with Crippen LogP contribution in [-0.4, -0.2) is 31.4 Å². The third-order valence-corrected chi connectivity index (χ3v) is 6.75. The number of ether oxygens (including phenoxy) is 2. The summed E-state index contributed by atoms with van der Waals surface area (Å²) in [7, 11) is 0. The number of rotatable bonds is 8. The van der Waals surface area contributed by atoms with Crippen LogP contribution in [-0.2, 0) is 21.8 Å². The predicted octanol–water partition coefficient (Wildman–Crippen LogP) is 6.96. The van der Waals surface area contributed by atoms with Crippen LogP contribution in [0.2, 0.25) is 0 Å². The van der Waals surface area contributed by atoms with Gasteiger partial charge in [-0.1, -0.05) is 18.2 Å². The largest absolute Gasteiger partial charge is 0.450 e. The molecule has 1 saturated heterocycles. The molecule has 1 amide bonds. The maximum absolute atomic E-state index is 13.3. The number of carbonyl (C=O) groups excluding carboxylic acids is 1. The molecule has 2 aromatic rings. The molecule has 2 aromatic carbocycles. The van der Waals surface area contributed by atoms with Gasteiger partial charge < -0.3 is 20.1 Å². The third kappa shape index (κ3) is 7.53. The van der Waals surface area contributed by atoms with Gasteiger partial charge in [0.1, 0.15) is 0 Å². The van der Waals surface area contributed by atoms with E-state index >= 15 is 0 Å². The molecule has 0 spiro atoms. The number of primary amides is 1. The lowest BCUT2D eigenvalue weighted by atomic mass is 9.82. The van der Waals surface area contributed by atoms with Gasteiger partial charge in [0.2, 0.25) is 0 Å². The molecule has 0 saturated carbocycles. The van der Waals surface area contributed by atoms with E-state index in [9.17, 15) is 31.1 Å². The van der Waals surface area contributed by atoms with E-state index < -0.39 is 41.2 Å². The minimum atomic E-state index is -4.93. The van der Waals surface area contributed by atoms with Crippen LogP contribution in [0, 0.1) is 5.92 Å². The minimum Gasteiger partial charge on any atom is -0.450 e. The van der Waals surface area contributed by atoms with Crippen LogP contribution >= 0.6 is 0 Å². The molecule has 0 aliphatic carbocycles. The number of halogens is 6. The SMILES string of the molecule is CC(OC[C@@]1(C)CC[C@@H](CCOC(N)=O)CN1c1ccccc1)c1cc(C(F)(F)F)cc(C(F)(F)F)c1. The highest BCUT2D eigenvalue weighted by Gasteiger charge is 2.40. The van der Waals surface area contributed by atoms with E-state index in [2.05, 4.69) is 4.90 Å². The molecule has 2 N–H and O–H groups in total. The van der Waals surface area contributed by atoms with E-state index in [1.165, 1.54) is 6.92 Å². The summed E-state index contributed by atoms with van der Waals surface area (Å²) in [4.78, 5) is 13.0. The van der Waals surface area contributed by atoms with E-state index in [4.69, 9.17) is 15.2 Å². The van der Waals surface area contributed by atoms with Gasteiger partial charge in [-0.3, -0.25) is 0 Å². The zero-order valence-electron chi connectivity index (χ0n) is 20.5. The molecule has 3 atom stereocenters. The smallest absolute Gasteiger partial charge is 0.416 e. The Labute approximate surface area is 211 Å². The number of carbonyl (C=O) groups is 1. The first kappa shape index (κ1) is 28.6. The first-order valence-corrected chi connectivity index (χ1v) is 11.8. The Balaban J connectivity index is 1.80. The highest BCUT2D eigenvalue weighted by molar-refractivity contribution is 5.64. The lowest BCUT2D eigenvalue weighted by molar-refractivity contribution is -0.143. The third-order valence-electron chi connectivity index (χ3n) is 6.75. The Morgan fingerprint density at radius 2 is 1.68 bits per heavy atom. The maximum atomic E-state index is 13.3. The predicted molar refractivity (Wildman–Crippen MR) is 126 cm³/mol. The van der Waals surface area contributed by atoms with Crippen LogP contribution in [0.15, 0.2) is 48.5 Å². The molecule has 37 heavy (non-hydrogen) atoms. The minimum absolute atomic E-state index is 0.0746. The highest BCUT2D eigenvalue weighted by Crippen LogP contribution is 2.40. The number of alkyl halides is 6. The van der Waals surface area contributed by atoms with E-state index in [-0.39, 0.29) is 30.8 Å². The van der Waals surface area contributed by atoms with E-state index in [1.54, 1.807) is 0 Å². The summed E-state index contributed by atoms with van der Waals surface area (Å²) in [6.45, 7) is 4.26. The van der Waals surface area contributed by atoms with Crippen LogP contribution in [0.3, 0.4) is 0 Å². The average molecular weight is 533 g/mol. The number of hydrogen-bond donors (Lipinski definition) is 1. The van der Waals surface area contributed by atoms with Gasteiger partial charge in [0.05, 0.1) is 36.0 Å². The summed E-state index contributed by atoms with van der Waals surface area (Å²) in [5, 5.41) is 0. The number of nitrogens with zero attached hydrogens (tertiary/aromatic N) is 1. The molecule has 11 heteroatoms. The van der Waals surface area contributed by atoms with Crippen molar-refractivity contribution in [2.45, 2.75) is 57.1 Å². The summed E-state index contributed by atoms with van der Waals surface area (Å²) in [5.41, 5.74) is 2.42. The number of amides is 1. The molecule has 1 aliphatic rings. The van der Waals surface area contributed by atoms with Gasteiger partial charge in [-0.15, -0.1) is 0 Å². The van der Waals surface area contributed by atoms with E-state index in [1.807, 2.05) is 37.3 Å². The molecule has 0 bridgehead atoms. The maximum Gasteiger partial charge on any atom is 0.416 e. The summed E-state index contributed by atoms with van der Waals surface area (Å²) >= 11 is 0. The second-order valence-electron chi connectivity index (χ2n) is 9.60. The van der Waals surface area contributed by atoms with Crippen LogP contribution in [0.5, 0.6) is 0 Å². The lowest BCUT2D eigenvalue weighted by Crippen LogP contribution is -2.55. The molecular formula is C26H30F6N2O3. The Morgan fingerprint density at radius 3 is 2.22 bits per heavy atom. The standard InChI is InChI=1S/C26H30F6N2O3/c1-17(19-12-20(25(27,28)29)14-21(13-19)26(30,31)32)37-16-24(2)10-8-18(9-11-36-23(33)35)15-34(24)22-6-4-3-5-7-22/h3-7,12-14,17-18H,8-11,15-16H2,1-2H3,(H2,33,35)/t17?,18-,24+/m0/s1. The normalized spacial score (nSPS) is 21.5. The molecule has 1 heterocycles. The number of nitrogens with two attached hydrogens (primary N) is 1. The highest BCUT2D eigenvalue weighted by atomic mass is 19.4. The van der Waals surface area contributed by atoms with Crippen molar-refractivity contribution in [1.82, 2.24) is 0 Å². The molecule has 1 aliphatic heterocycles. The Kier molecular flexibility index (Phi) is 8.66. The summed E-state index contributed by atoms with van der Waals surface area (Å²) in [5.74, 6) is 0.183. The van der Waals surface area contributed by atoms with Crippen molar-refractivity contribution in [3.63, 3.8) is 0 Å². The van der Waals surface area contributed by atoms with Gasteiger partial charge in [-0.25, -0.2) is 4.79 Å².